The van der Waals surface area contributed by atoms with E-state index < -0.39 is 0 Å². The van der Waals surface area contributed by atoms with Crippen molar-refractivity contribution in [3.05, 3.63) is 0 Å². The zero-order valence-corrected chi connectivity index (χ0v) is 10.9. The molecule has 1 saturated heterocycles. The molecule has 0 aromatic rings. The Kier molecular flexibility index (Phi) is 6.02. The molecule has 1 N–H and O–H groups in total. The van der Waals surface area contributed by atoms with E-state index in [1.807, 2.05) is 6.92 Å². The van der Waals surface area contributed by atoms with E-state index in [0.717, 1.165) is 18.2 Å². The van der Waals surface area contributed by atoms with Gasteiger partial charge in [0.1, 0.15) is 0 Å². The van der Waals surface area contributed by atoms with Crippen molar-refractivity contribution >= 4 is 12.6 Å². The third kappa shape index (κ3) is 4.75. The van der Waals surface area contributed by atoms with Crippen LogP contribution in [-0.2, 0) is 0 Å². The summed E-state index contributed by atoms with van der Waals surface area (Å²) in [7, 11) is 0. The van der Waals surface area contributed by atoms with E-state index in [4.69, 9.17) is 0 Å². The molecule has 0 radical (unpaired) electrons. The van der Waals surface area contributed by atoms with Crippen LogP contribution < -0.4 is 0 Å². The number of likely N-dealkylation sites (tertiary alicyclic amines) is 1. The van der Waals surface area contributed by atoms with E-state index in [9.17, 15) is 5.11 Å². The van der Waals surface area contributed by atoms with Gasteiger partial charge in [0.05, 0.1) is 6.10 Å². The Hall–Kier alpha value is 0.270. The molecule has 0 bridgehead atoms. The van der Waals surface area contributed by atoms with Crippen LogP contribution in [0.5, 0.6) is 0 Å². The maximum atomic E-state index is 9.49. The minimum absolute atomic E-state index is 0.134. The van der Waals surface area contributed by atoms with Crippen LogP contribution in [0.1, 0.15) is 33.1 Å². The third-order valence-corrected chi connectivity index (χ3v) is 3.81. The lowest BCUT2D eigenvalue weighted by atomic mass is 10.0. The van der Waals surface area contributed by atoms with Crippen molar-refractivity contribution < 1.29 is 5.11 Å². The normalized spacial score (nSPS) is 26.8. The molecule has 15 heavy (non-hydrogen) atoms. The molecule has 1 aliphatic rings. The van der Waals surface area contributed by atoms with Gasteiger partial charge in [0.2, 0.25) is 0 Å². The summed E-state index contributed by atoms with van der Waals surface area (Å²) in [5.41, 5.74) is 0. The predicted molar refractivity (Wildman–Crippen MR) is 68.5 cm³/mol. The van der Waals surface area contributed by atoms with Gasteiger partial charge in [-0.25, -0.2) is 0 Å². The first-order valence-corrected chi connectivity index (χ1v) is 6.78. The van der Waals surface area contributed by atoms with Crippen LogP contribution in [0.3, 0.4) is 0 Å². The SMILES string of the molecule is CC(CCS)CCN1CCC(C(C)O)C1. The van der Waals surface area contributed by atoms with Gasteiger partial charge in [-0.1, -0.05) is 6.92 Å². The maximum Gasteiger partial charge on any atom is 0.0552 e. The van der Waals surface area contributed by atoms with Gasteiger partial charge in [0, 0.05) is 6.54 Å². The largest absolute Gasteiger partial charge is 0.393 e. The maximum absolute atomic E-state index is 9.49. The molecule has 1 rings (SSSR count). The number of nitrogens with zero attached hydrogens (tertiary/aromatic N) is 1. The smallest absolute Gasteiger partial charge is 0.0552 e. The average molecular weight is 231 g/mol. The highest BCUT2D eigenvalue weighted by atomic mass is 32.1. The Balaban J connectivity index is 2.13. The molecule has 0 saturated carbocycles. The van der Waals surface area contributed by atoms with Crippen molar-refractivity contribution in [3.63, 3.8) is 0 Å². The first-order valence-electron chi connectivity index (χ1n) is 6.14. The van der Waals surface area contributed by atoms with Gasteiger partial charge in [-0.05, 0) is 56.9 Å². The van der Waals surface area contributed by atoms with Gasteiger partial charge >= 0.3 is 0 Å². The summed E-state index contributed by atoms with van der Waals surface area (Å²) in [5.74, 6) is 2.29. The molecule has 90 valence electrons. The molecular formula is C12H25NOS. The second kappa shape index (κ2) is 6.77. The summed E-state index contributed by atoms with van der Waals surface area (Å²) in [6, 6.07) is 0. The summed E-state index contributed by atoms with van der Waals surface area (Å²) in [6.45, 7) is 7.67. The second-order valence-corrected chi connectivity index (χ2v) is 5.44. The highest BCUT2D eigenvalue weighted by Crippen LogP contribution is 2.20. The Morgan fingerprint density at radius 2 is 2.13 bits per heavy atom. The van der Waals surface area contributed by atoms with Crippen LogP contribution in [0.4, 0.5) is 0 Å². The molecule has 2 nitrogen and oxygen atoms in total. The van der Waals surface area contributed by atoms with Crippen molar-refractivity contribution in [2.45, 2.75) is 39.2 Å². The number of hydrogen-bond acceptors (Lipinski definition) is 3. The highest BCUT2D eigenvalue weighted by molar-refractivity contribution is 7.80. The Bertz CT molecular complexity index is 175. The highest BCUT2D eigenvalue weighted by Gasteiger charge is 2.25. The summed E-state index contributed by atoms with van der Waals surface area (Å²) in [4.78, 5) is 2.49. The second-order valence-electron chi connectivity index (χ2n) is 5.00. The lowest BCUT2D eigenvalue weighted by molar-refractivity contribution is 0.127. The third-order valence-electron chi connectivity index (χ3n) is 3.55. The van der Waals surface area contributed by atoms with Gasteiger partial charge in [-0.3, -0.25) is 0 Å². The molecular weight excluding hydrogens is 206 g/mol. The van der Waals surface area contributed by atoms with Crippen LogP contribution in [0, 0.1) is 11.8 Å². The lowest BCUT2D eigenvalue weighted by Gasteiger charge is -2.19. The van der Waals surface area contributed by atoms with Crippen molar-refractivity contribution in [3.8, 4) is 0 Å². The van der Waals surface area contributed by atoms with Gasteiger partial charge in [-0.2, -0.15) is 12.6 Å². The first-order chi connectivity index (χ1) is 7.13. The number of thiol groups is 1. The van der Waals surface area contributed by atoms with Crippen LogP contribution in [0.2, 0.25) is 0 Å². The fourth-order valence-corrected chi connectivity index (χ4v) is 2.67. The van der Waals surface area contributed by atoms with Gasteiger partial charge in [-0.15, -0.1) is 0 Å². The topological polar surface area (TPSA) is 23.5 Å². The Morgan fingerprint density at radius 1 is 1.40 bits per heavy atom. The standard InChI is InChI=1S/C12H25NOS/c1-10(5-8-15)3-6-13-7-4-12(9-13)11(2)14/h10-12,14-15H,3-9H2,1-2H3. The zero-order chi connectivity index (χ0) is 11.3. The van der Waals surface area contributed by atoms with Crippen molar-refractivity contribution in [2.75, 3.05) is 25.4 Å². The number of aliphatic hydroxyl groups is 1. The summed E-state index contributed by atoms with van der Waals surface area (Å²) < 4.78 is 0. The number of hydrogen-bond donors (Lipinski definition) is 2. The zero-order valence-electron chi connectivity index (χ0n) is 10.0. The van der Waals surface area contributed by atoms with Crippen LogP contribution >= 0.6 is 12.6 Å². The molecule has 0 spiro atoms. The van der Waals surface area contributed by atoms with Gasteiger partial charge in [0.15, 0.2) is 0 Å². The lowest BCUT2D eigenvalue weighted by Crippen LogP contribution is -2.26. The Labute approximate surface area is 99.5 Å². The van der Waals surface area contributed by atoms with Gasteiger partial charge in [0.25, 0.3) is 0 Å². The van der Waals surface area contributed by atoms with Crippen molar-refractivity contribution in [1.29, 1.82) is 0 Å². The Morgan fingerprint density at radius 3 is 2.67 bits per heavy atom. The van der Waals surface area contributed by atoms with Gasteiger partial charge < -0.3 is 10.0 Å². The van der Waals surface area contributed by atoms with E-state index >= 15 is 0 Å². The van der Waals surface area contributed by atoms with Crippen LogP contribution in [0.15, 0.2) is 0 Å². The molecule has 3 heteroatoms. The monoisotopic (exact) mass is 231 g/mol. The molecule has 3 unspecified atom stereocenters. The van der Waals surface area contributed by atoms with E-state index in [-0.39, 0.29) is 6.10 Å². The number of rotatable bonds is 6. The summed E-state index contributed by atoms with van der Waals surface area (Å²) >= 11 is 4.26. The predicted octanol–water partition coefficient (Wildman–Crippen LogP) is 2.04. The quantitative estimate of drug-likeness (QED) is 0.683. The summed E-state index contributed by atoms with van der Waals surface area (Å²) in [5, 5.41) is 9.49. The molecule has 0 amide bonds. The van der Waals surface area contributed by atoms with Crippen LogP contribution in [0.25, 0.3) is 0 Å². The molecule has 3 atom stereocenters. The van der Waals surface area contributed by atoms with Crippen molar-refractivity contribution in [1.82, 2.24) is 4.90 Å². The fourth-order valence-electron chi connectivity index (χ4n) is 2.23. The van der Waals surface area contributed by atoms with Crippen LogP contribution in [-0.4, -0.2) is 41.5 Å². The minimum atomic E-state index is -0.134. The molecule has 0 aliphatic carbocycles. The van der Waals surface area contributed by atoms with Crippen molar-refractivity contribution in [2.24, 2.45) is 11.8 Å². The van der Waals surface area contributed by atoms with E-state index in [1.165, 1.54) is 32.4 Å². The van der Waals surface area contributed by atoms with E-state index in [0.29, 0.717) is 5.92 Å². The number of aliphatic hydroxyl groups excluding tert-OH is 1. The molecule has 1 aliphatic heterocycles. The summed E-state index contributed by atoms with van der Waals surface area (Å²) in [6.07, 6.45) is 3.52. The average Bonchev–Trinajstić information content (AvgIpc) is 2.63. The fraction of sp³-hybridized carbons (Fsp3) is 1.00. The molecule has 1 fully saturated rings. The van der Waals surface area contributed by atoms with E-state index in [1.54, 1.807) is 0 Å². The molecule has 0 aromatic heterocycles. The molecule has 0 aromatic carbocycles. The van der Waals surface area contributed by atoms with E-state index in [2.05, 4.69) is 24.5 Å². The first kappa shape index (κ1) is 13.3. The molecule has 1 heterocycles. The minimum Gasteiger partial charge on any atom is -0.393 e.